The van der Waals surface area contributed by atoms with Gasteiger partial charge in [-0.1, -0.05) is 18.2 Å². The Labute approximate surface area is 128 Å². The van der Waals surface area contributed by atoms with E-state index in [-0.39, 0.29) is 12.4 Å². The molecule has 0 aliphatic carbocycles. The standard InChI is InChI=1S/C17H17FN2O2/c1-12(17(19)21)20-10-13-6-8-15(9-7-13)22-11-14-4-2-3-5-16(14)18/h2-10,12H,11H2,1H3,(H2,19,21)/b20-10+/t12-/m0/s1. The van der Waals surface area contributed by atoms with Gasteiger partial charge < -0.3 is 10.5 Å². The number of carbonyl (C=O) groups is 1. The van der Waals surface area contributed by atoms with Crippen molar-refractivity contribution in [3.63, 3.8) is 0 Å². The quantitative estimate of drug-likeness (QED) is 0.834. The van der Waals surface area contributed by atoms with Crippen LogP contribution in [0.5, 0.6) is 5.75 Å². The van der Waals surface area contributed by atoms with Crippen LogP contribution in [0.3, 0.4) is 0 Å². The normalized spacial score (nSPS) is 12.3. The van der Waals surface area contributed by atoms with Crippen molar-refractivity contribution in [2.75, 3.05) is 0 Å². The van der Waals surface area contributed by atoms with E-state index in [1.165, 1.54) is 6.07 Å². The number of benzene rings is 2. The fraction of sp³-hybridized carbons (Fsp3) is 0.176. The van der Waals surface area contributed by atoms with Gasteiger partial charge in [0.05, 0.1) is 0 Å². The molecule has 0 bridgehead atoms. The van der Waals surface area contributed by atoms with Crippen LogP contribution in [0.15, 0.2) is 53.5 Å². The largest absolute Gasteiger partial charge is 0.489 e. The molecule has 2 aromatic rings. The lowest BCUT2D eigenvalue weighted by Gasteiger charge is -2.07. The van der Waals surface area contributed by atoms with Gasteiger partial charge in [0.2, 0.25) is 5.91 Å². The van der Waals surface area contributed by atoms with Crippen molar-refractivity contribution in [2.45, 2.75) is 19.6 Å². The van der Waals surface area contributed by atoms with Gasteiger partial charge in [0.25, 0.3) is 0 Å². The SMILES string of the molecule is C[C@H](/N=C/c1ccc(OCc2ccccc2F)cc1)C(N)=O. The summed E-state index contributed by atoms with van der Waals surface area (Å²) < 4.78 is 19.0. The average Bonchev–Trinajstić information content (AvgIpc) is 2.52. The van der Waals surface area contributed by atoms with E-state index in [0.717, 1.165) is 5.56 Å². The van der Waals surface area contributed by atoms with Crippen molar-refractivity contribution < 1.29 is 13.9 Å². The molecule has 4 nitrogen and oxygen atoms in total. The molecule has 114 valence electrons. The third-order valence-corrected chi connectivity index (χ3v) is 3.09. The number of hydrogen-bond acceptors (Lipinski definition) is 3. The summed E-state index contributed by atoms with van der Waals surface area (Å²) in [5, 5.41) is 0. The molecule has 0 fully saturated rings. The minimum absolute atomic E-state index is 0.165. The summed E-state index contributed by atoms with van der Waals surface area (Å²) in [5.74, 6) is -0.129. The molecule has 1 atom stereocenters. The highest BCUT2D eigenvalue weighted by molar-refractivity contribution is 5.85. The van der Waals surface area contributed by atoms with Crippen molar-refractivity contribution in [1.82, 2.24) is 0 Å². The summed E-state index contributed by atoms with van der Waals surface area (Å²) in [5.41, 5.74) is 6.46. The maximum atomic E-state index is 13.5. The molecule has 0 aliphatic rings. The highest BCUT2D eigenvalue weighted by atomic mass is 19.1. The number of halogens is 1. The summed E-state index contributed by atoms with van der Waals surface area (Å²) >= 11 is 0. The molecule has 22 heavy (non-hydrogen) atoms. The number of primary amides is 1. The van der Waals surface area contributed by atoms with Crippen molar-refractivity contribution in [3.8, 4) is 5.75 Å². The Kier molecular flexibility index (Phi) is 5.25. The molecule has 1 amide bonds. The summed E-state index contributed by atoms with van der Waals surface area (Å²) in [6.45, 7) is 1.80. The lowest BCUT2D eigenvalue weighted by Crippen LogP contribution is -2.23. The van der Waals surface area contributed by atoms with E-state index in [1.54, 1.807) is 55.6 Å². The van der Waals surface area contributed by atoms with E-state index < -0.39 is 11.9 Å². The first-order valence-electron chi connectivity index (χ1n) is 6.85. The molecular weight excluding hydrogens is 283 g/mol. The maximum absolute atomic E-state index is 13.5. The zero-order valence-corrected chi connectivity index (χ0v) is 12.2. The molecule has 0 saturated carbocycles. The predicted molar refractivity (Wildman–Crippen MR) is 83.4 cm³/mol. The number of rotatable bonds is 6. The fourth-order valence-electron chi connectivity index (χ4n) is 1.70. The highest BCUT2D eigenvalue weighted by Gasteiger charge is 2.04. The Balaban J connectivity index is 1.95. The first-order valence-corrected chi connectivity index (χ1v) is 6.85. The van der Waals surface area contributed by atoms with Gasteiger partial charge in [-0.25, -0.2) is 4.39 Å². The van der Waals surface area contributed by atoms with Crippen LogP contribution in [-0.4, -0.2) is 18.2 Å². The van der Waals surface area contributed by atoms with Gasteiger partial charge in [-0.15, -0.1) is 0 Å². The maximum Gasteiger partial charge on any atom is 0.241 e. The number of hydrogen-bond donors (Lipinski definition) is 1. The Hall–Kier alpha value is -2.69. The number of aliphatic imine (C=N–C) groups is 1. The second kappa shape index (κ2) is 7.36. The van der Waals surface area contributed by atoms with Crippen molar-refractivity contribution in [1.29, 1.82) is 0 Å². The van der Waals surface area contributed by atoms with E-state index in [2.05, 4.69) is 4.99 Å². The van der Waals surface area contributed by atoms with E-state index >= 15 is 0 Å². The third-order valence-electron chi connectivity index (χ3n) is 3.09. The molecule has 0 radical (unpaired) electrons. The molecule has 0 heterocycles. The van der Waals surface area contributed by atoms with E-state index in [1.807, 2.05) is 0 Å². The van der Waals surface area contributed by atoms with Gasteiger partial charge >= 0.3 is 0 Å². The molecule has 0 spiro atoms. The topological polar surface area (TPSA) is 64.7 Å². The summed E-state index contributed by atoms with van der Waals surface area (Å²) in [6.07, 6.45) is 1.58. The van der Waals surface area contributed by atoms with Crippen molar-refractivity contribution in [2.24, 2.45) is 10.7 Å². The van der Waals surface area contributed by atoms with Gasteiger partial charge in [0.1, 0.15) is 24.2 Å². The van der Waals surface area contributed by atoms with Gasteiger partial charge in [-0.05, 0) is 42.8 Å². The van der Waals surface area contributed by atoms with Crippen LogP contribution < -0.4 is 10.5 Å². The fourth-order valence-corrected chi connectivity index (χ4v) is 1.70. The van der Waals surface area contributed by atoms with Crippen LogP contribution in [0.2, 0.25) is 0 Å². The van der Waals surface area contributed by atoms with Crippen LogP contribution in [-0.2, 0) is 11.4 Å². The van der Waals surface area contributed by atoms with E-state index in [9.17, 15) is 9.18 Å². The molecule has 5 heteroatoms. The lowest BCUT2D eigenvalue weighted by molar-refractivity contribution is -0.118. The number of carbonyl (C=O) groups excluding carboxylic acids is 1. The number of ether oxygens (including phenoxy) is 1. The van der Waals surface area contributed by atoms with Gasteiger partial charge in [0, 0.05) is 11.8 Å². The molecular formula is C17H17FN2O2. The zero-order chi connectivity index (χ0) is 15.9. The first kappa shape index (κ1) is 15.7. The monoisotopic (exact) mass is 300 g/mol. The average molecular weight is 300 g/mol. The van der Waals surface area contributed by atoms with Crippen molar-refractivity contribution in [3.05, 3.63) is 65.5 Å². The Bertz CT molecular complexity index is 669. The minimum atomic E-state index is -0.558. The predicted octanol–water partition coefficient (Wildman–Crippen LogP) is 2.70. The zero-order valence-electron chi connectivity index (χ0n) is 12.2. The van der Waals surface area contributed by atoms with Crippen LogP contribution in [0.25, 0.3) is 0 Å². The van der Waals surface area contributed by atoms with E-state index in [0.29, 0.717) is 11.3 Å². The van der Waals surface area contributed by atoms with Crippen LogP contribution >= 0.6 is 0 Å². The Morgan fingerprint density at radius 3 is 2.59 bits per heavy atom. The van der Waals surface area contributed by atoms with E-state index in [4.69, 9.17) is 10.5 Å². The second-order valence-electron chi connectivity index (χ2n) is 4.81. The number of nitrogens with two attached hydrogens (primary N) is 1. The molecule has 2 aromatic carbocycles. The highest BCUT2D eigenvalue weighted by Crippen LogP contribution is 2.15. The van der Waals surface area contributed by atoms with Gasteiger partial charge in [-0.3, -0.25) is 9.79 Å². The molecule has 0 aromatic heterocycles. The molecule has 0 saturated heterocycles. The van der Waals surface area contributed by atoms with Crippen molar-refractivity contribution >= 4 is 12.1 Å². The lowest BCUT2D eigenvalue weighted by atomic mass is 10.2. The second-order valence-corrected chi connectivity index (χ2v) is 4.81. The molecule has 2 rings (SSSR count). The van der Waals surface area contributed by atoms with Gasteiger partial charge in [0.15, 0.2) is 0 Å². The minimum Gasteiger partial charge on any atom is -0.489 e. The smallest absolute Gasteiger partial charge is 0.241 e. The number of amides is 1. The van der Waals surface area contributed by atoms with Crippen LogP contribution in [0.4, 0.5) is 4.39 Å². The summed E-state index contributed by atoms with van der Waals surface area (Å²) in [6, 6.07) is 13.0. The molecule has 0 aliphatic heterocycles. The summed E-state index contributed by atoms with van der Waals surface area (Å²) in [4.78, 5) is 14.9. The molecule has 0 unspecified atom stereocenters. The molecule has 2 N–H and O–H groups in total. The third kappa shape index (κ3) is 4.41. The first-order chi connectivity index (χ1) is 10.6. The summed E-state index contributed by atoms with van der Waals surface area (Å²) in [7, 11) is 0. The number of nitrogens with zero attached hydrogens (tertiary/aromatic N) is 1. The Morgan fingerprint density at radius 2 is 1.95 bits per heavy atom. The van der Waals surface area contributed by atoms with Crippen LogP contribution in [0.1, 0.15) is 18.1 Å². The Morgan fingerprint density at radius 1 is 1.27 bits per heavy atom. The van der Waals surface area contributed by atoms with Gasteiger partial charge in [-0.2, -0.15) is 0 Å². The van der Waals surface area contributed by atoms with Crippen LogP contribution in [0, 0.1) is 5.82 Å².